The van der Waals surface area contributed by atoms with Crippen molar-refractivity contribution >= 4 is 97.1 Å². The van der Waals surface area contributed by atoms with Gasteiger partial charge in [0.2, 0.25) is 0 Å². The van der Waals surface area contributed by atoms with Gasteiger partial charge >= 0.3 is 10.4 Å². The van der Waals surface area contributed by atoms with E-state index in [1.165, 1.54) is 48.5 Å². The van der Waals surface area contributed by atoms with Gasteiger partial charge in [-0.2, -0.15) is 30.4 Å². The number of nitrogens with two attached hydrogens (primary N) is 2. The fraction of sp³-hybridized carbons (Fsp3) is 0.143. The molecule has 0 saturated heterocycles. The fourth-order valence-corrected chi connectivity index (χ4v) is 7.76. The van der Waals surface area contributed by atoms with Gasteiger partial charge in [-0.05, 0) is 84.1 Å². The molecule has 0 unspecified atom stereocenters. The summed E-state index contributed by atoms with van der Waals surface area (Å²) in [4.78, 5) is 4.54. The van der Waals surface area contributed by atoms with Crippen molar-refractivity contribution in [3.8, 4) is 11.4 Å². The maximum absolute atomic E-state index is 12.6. The highest BCUT2D eigenvalue weighted by Gasteiger charge is 2.24. The van der Waals surface area contributed by atoms with Crippen LogP contribution in [0.15, 0.2) is 101 Å². The Bertz CT molecular complexity index is 2640. The lowest BCUT2D eigenvalue weighted by Gasteiger charge is -2.11. The average molecular weight is 830 g/mol. The highest BCUT2D eigenvalue weighted by Crippen LogP contribution is 2.44. The van der Waals surface area contributed by atoms with Gasteiger partial charge in [0.1, 0.15) is 26.9 Å². The molecule has 0 aromatic heterocycles. The zero-order valence-corrected chi connectivity index (χ0v) is 31.1. The SMILES string of the molecule is CN(C)CCS(=O)(=O)c1ccc(N=Nc2c(N)c(N=Nc3ccc4cc(SC#COOS(=O)(=O)O)ccc4c3S(=O)(=O)O)cc(S(=O)(=O)O)c2N)cc1. The van der Waals surface area contributed by atoms with Crippen molar-refractivity contribution in [2.45, 2.75) is 19.6 Å². The number of hydrogen-bond acceptors (Lipinski definition) is 18. The van der Waals surface area contributed by atoms with E-state index in [0.29, 0.717) is 11.4 Å². The van der Waals surface area contributed by atoms with Crippen LogP contribution in [0.25, 0.3) is 10.8 Å². The molecule has 0 bridgehead atoms. The average Bonchev–Trinajstić information content (AvgIpc) is 3.05. The first-order chi connectivity index (χ1) is 24.6. The number of nitrogen functional groups attached to an aromatic ring is 2. The number of thioether (sulfide) groups is 1. The first-order valence-corrected chi connectivity index (χ1v) is 20.8. The second-order valence-electron chi connectivity index (χ2n) is 10.7. The van der Waals surface area contributed by atoms with E-state index in [1.54, 1.807) is 19.0 Å². The maximum atomic E-state index is 12.6. The lowest BCUT2D eigenvalue weighted by molar-refractivity contribution is -0.135. The minimum atomic E-state index is -5.03. The third kappa shape index (κ3) is 10.9. The number of rotatable bonds is 13. The normalized spacial score (nSPS) is 12.8. The molecule has 25 heteroatoms. The number of hydrogen-bond donors (Lipinski definition) is 5. The minimum absolute atomic E-state index is 0.0251. The largest absolute Gasteiger partial charge is 0.433 e. The van der Waals surface area contributed by atoms with E-state index in [4.69, 9.17) is 16.0 Å². The van der Waals surface area contributed by atoms with Gasteiger partial charge in [-0.25, -0.2) is 8.42 Å². The molecule has 0 heterocycles. The molecular weight excluding hydrogens is 803 g/mol. The third-order valence-electron chi connectivity index (χ3n) is 6.68. The number of sulfone groups is 1. The van der Waals surface area contributed by atoms with Crippen molar-refractivity contribution < 1.29 is 56.6 Å². The van der Waals surface area contributed by atoms with Crippen molar-refractivity contribution in [3.05, 3.63) is 60.7 Å². The van der Waals surface area contributed by atoms with Crippen LogP contribution in [0.1, 0.15) is 0 Å². The molecule has 0 amide bonds. The Morgan fingerprint density at radius 2 is 1.43 bits per heavy atom. The zero-order valence-electron chi connectivity index (χ0n) is 27.0. The molecule has 0 aliphatic carbocycles. The molecule has 0 atom stereocenters. The Balaban J connectivity index is 1.72. The Morgan fingerprint density at radius 1 is 0.774 bits per heavy atom. The predicted molar refractivity (Wildman–Crippen MR) is 192 cm³/mol. The van der Waals surface area contributed by atoms with Crippen LogP contribution in [0.2, 0.25) is 0 Å². The van der Waals surface area contributed by atoms with Crippen molar-refractivity contribution in [2.75, 3.05) is 37.9 Å². The van der Waals surface area contributed by atoms with Gasteiger partial charge in [0.15, 0.2) is 15.9 Å². The molecule has 4 rings (SSSR count). The molecule has 0 aliphatic heterocycles. The molecule has 0 spiro atoms. The summed E-state index contributed by atoms with van der Waals surface area (Å²) in [5, 5.41) is 18.1. The summed E-state index contributed by atoms with van der Waals surface area (Å²) in [5.41, 5.74) is 9.86. The van der Waals surface area contributed by atoms with E-state index in [1.807, 2.05) is 6.11 Å². The maximum Gasteiger partial charge on any atom is 0.433 e. The van der Waals surface area contributed by atoms with Crippen LogP contribution in [0.4, 0.5) is 34.1 Å². The summed E-state index contributed by atoms with van der Waals surface area (Å²) in [6.07, 6.45) is 1.85. The van der Waals surface area contributed by atoms with Gasteiger partial charge in [-0.15, -0.1) is 15.3 Å². The molecule has 20 nitrogen and oxygen atoms in total. The summed E-state index contributed by atoms with van der Waals surface area (Å²) in [5.74, 6) is -0.132. The Labute approximate surface area is 307 Å². The van der Waals surface area contributed by atoms with Crippen molar-refractivity contribution in [1.82, 2.24) is 4.90 Å². The van der Waals surface area contributed by atoms with Gasteiger partial charge in [-0.1, -0.05) is 12.1 Å². The topological polar surface area (TPSA) is 320 Å². The summed E-state index contributed by atoms with van der Waals surface area (Å²) in [7, 11) is -15.1. The Kier molecular flexibility index (Phi) is 12.5. The van der Waals surface area contributed by atoms with Crippen LogP contribution < -0.4 is 11.5 Å². The number of benzene rings is 4. The fourth-order valence-electron chi connectivity index (χ4n) is 4.26. The molecule has 4 aromatic carbocycles. The van der Waals surface area contributed by atoms with Crippen LogP contribution in [-0.4, -0.2) is 78.6 Å². The molecule has 53 heavy (non-hydrogen) atoms. The van der Waals surface area contributed by atoms with Crippen LogP contribution in [0, 0.1) is 11.4 Å². The Morgan fingerprint density at radius 3 is 2.04 bits per heavy atom. The standard InChI is InChI=1S/C28H27N7O13S5/c1-35(2)11-14-50(36,37)20-7-4-18(5-8-20)31-34-27-25(29)23(16-24(26(27)30)51(38,39)40)33-32-22-10-3-17-15-19(49-13-12-47-48-53(44,45)46)6-9-21(17)28(22)52(41,42)43/h3-10,15-16H,11,14,29-30H2,1-2H3,(H,38,39,40)(H,41,42,43)(H,44,45,46). The summed E-state index contributed by atoms with van der Waals surface area (Å²) < 4.78 is 128. The van der Waals surface area contributed by atoms with Crippen LogP contribution >= 0.6 is 11.8 Å². The van der Waals surface area contributed by atoms with Gasteiger partial charge < -0.3 is 16.4 Å². The third-order valence-corrected chi connectivity index (χ3v) is 11.1. The number of nitrogens with zero attached hydrogens (tertiary/aromatic N) is 5. The van der Waals surface area contributed by atoms with Gasteiger partial charge in [0, 0.05) is 22.1 Å². The van der Waals surface area contributed by atoms with Crippen molar-refractivity contribution in [3.63, 3.8) is 0 Å². The molecule has 0 saturated carbocycles. The zero-order chi connectivity index (χ0) is 39.4. The molecular formula is C28H27N7O13S5. The predicted octanol–water partition coefficient (Wildman–Crippen LogP) is 4.43. The number of azo groups is 2. The molecule has 4 aromatic rings. The number of fused-ring (bicyclic) bond motifs is 1. The molecule has 0 radical (unpaired) electrons. The monoisotopic (exact) mass is 829 g/mol. The lowest BCUT2D eigenvalue weighted by atomic mass is 10.1. The van der Waals surface area contributed by atoms with E-state index < -0.39 is 78.7 Å². The van der Waals surface area contributed by atoms with Gasteiger partial charge in [0.05, 0.1) is 27.7 Å². The van der Waals surface area contributed by atoms with E-state index in [-0.39, 0.29) is 27.1 Å². The van der Waals surface area contributed by atoms with E-state index in [9.17, 15) is 42.8 Å². The number of anilines is 2. The summed E-state index contributed by atoms with van der Waals surface area (Å²) in [6.45, 7) is 0.293. The smallest absolute Gasteiger partial charge is 0.396 e. The van der Waals surface area contributed by atoms with Crippen LogP contribution in [0.3, 0.4) is 0 Å². The highest BCUT2D eigenvalue weighted by atomic mass is 32.3. The van der Waals surface area contributed by atoms with Crippen molar-refractivity contribution in [2.24, 2.45) is 20.5 Å². The lowest BCUT2D eigenvalue weighted by Crippen LogP contribution is -2.21. The van der Waals surface area contributed by atoms with E-state index in [2.05, 4.69) is 34.9 Å². The van der Waals surface area contributed by atoms with Crippen LogP contribution in [-0.2, 0) is 49.7 Å². The molecule has 7 N–H and O–H groups in total. The van der Waals surface area contributed by atoms with Crippen LogP contribution in [0.5, 0.6) is 0 Å². The van der Waals surface area contributed by atoms with E-state index in [0.717, 1.165) is 23.9 Å². The highest BCUT2D eigenvalue weighted by molar-refractivity contribution is 8.04. The molecule has 282 valence electrons. The molecule has 0 aliphatic rings. The minimum Gasteiger partial charge on any atom is -0.396 e. The van der Waals surface area contributed by atoms with E-state index >= 15 is 0 Å². The second-order valence-corrected chi connectivity index (χ2v) is 17.4. The first kappa shape index (κ1) is 41.0. The molecule has 0 fully saturated rings. The Hall–Kier alpha value is -4.75. The summed E-state index contributed by atoms with van der Waals surface area (Å²) in [6, 6.07) is 12.7. The summed E-state index contributed by atoms with van der Waals surface area (Å²) >= 11 is 0.792. The quantitative estimate of drug-likeness (QED) is 0.0237. The van der Waals surface area contributed by atoms with Crippen molar-refractivity contribution in [1.29, 1.82) is 0 Å². The van der Waals surface area contributed by atoms with Gasteiger partial charge in [0.25, 0.3) is 20.2 Å². The first-order valence-electron chi connectivity index (χ1n) is 14.1. The second kappa shape index (κ2) is 16.1. The van der Waals surface area contributed by atoms with Gasteiger partial charge in [-0.3, -0.25) is 18.5 Å².